The van der Waals surface area contributed by atoms with E-state index in [4.69, 9.17) is 16.3 Å². The van der Waals surface area contributed by atoms with Gasteiger partial charge in [0.2, 0.25) is 0 Å². The van der Waals surface area contributed by atoms with Gasteiger partial charge in [-0.2, -0.15) is 10.5 Å². The van der Waals surface area contributed by atoms with Crippen molar-refractivity contribution in [3.05, 3.63) is 64.7 Å². The molecule has 0 unspecified atom stereocenters. The van der Waals surface area contributed by atoms with E-state index in [0.29, 0.717) is 28.5 Å². The number of ether oxygens (including phenoxy) is 1. The molecule has 172 valence electrons. The van der Waals surface area contributed by atoms with Crippen molar-refractivity contribution in [3.63, 3.8) is 0 Å². The summed E-state index contributed by atoms with van der Waals surface area (Å²) in [5, 5.41) is 20.9. The molecular formula is C29H27ClN2O2. The third-order valence-electron chi connectivity index (χ3n) is 9.01. The summed E-state index contributed by atoms with van der Waals surface area (Å²) in [7, 11) is 0. The van der Waals surface area contributed by atoms with E-state index in [2.05, 4.69) is 12.1 Å². The molecule has 2 aromatic carbocycles. The van der Waals surface area contributed by atoms with Crippen LogP contribution >= 0.6 is 11.6 Å². The maximum atomic E-state index is 14.2. The molecule has 4 bridgehead atoms. The van der Waals surface area contributed by atoms with Crippen molar-refractivity contribution in [1.29, 1.82) is 10.5 Å². The van der Waals surface area contributed by atoms with Gasteiger partial charge in [0.15, 0.2) is 5.41 Å². The normalized spacial score (nSPS) is 34.1. The second-order valence-electron chi connectivity index (χ2n) is 11.0. The van der Waals surface area contributed by atoms with E-state index >= 15 is 0 Å². The first-order chi connectivity index (χ1) is 16.5. The molecule has 34 heavy (non-hydrogen) atoms. The Hall–Kier alpha value is -2.82. The number of halogens is 1. The number of carbonyl (C=O) groups excluding carboxylic acids is 1. The quantitative estimate of drug-likeness (QED) is 0.486. The molecule has 0 saturated heterocycles. The maximum Gasteiger partial charge on any atom is 0.161 e. The van der Waals surface area contributed by atoms with Gasteiger partial charge in [0.25, 0.3) is 0 Å². The van der Waals surface area contributed by atoms with Crippen molar-refractivity contribution in [2.24, 2.45) is 34.5 Å². The third-order valence-corrected chi connectivity index (χ3v) is 9.38. The Morgan fingerprint density at radius 3 is 2.15 bits per heavy atom. The van der Waals surface area contributed by atoms with E-state index in [1.54, 1.807) is 0 Å². The van der Waals surface area contributed by atoms with Crippen LogP contribution in [0.25, 0.3) is 0 Å². The zero-order chi connectivity index (χ0) is 23.5. The van der Waals surface area contributed by atoms with E-state index in [9.17, 15) is 15.3 Å². The summed E-state index contributed by atoms with van der Waals surface area (Å²) in [6, 6.07) is 19.6. The van der Waals surface area contributed by atoms with Crippen LogP contribution in [-0.2, 0) is 11.4 Å². The SMILES string of the molecule is N#CC1(C#N)[C@@H](C(=O)C23CC4CC(CC(C4)C2)C3)[C@@H]1c1ccccc1OCc1ccccc1Cl. The highest BCUT2D eigenvalue weighted by atomic mass is 35.5. The minimum absolute atomic E-state index is 0.167. The molecule has 0 radical (unpaired) electrons. The highest BCUT2D eigenvalue weighted by Gasteiger charge is 2.74. The van der Waals surface area contributed by atoms with Gasteiger partial charge in [-0.25, -0.2) is 0 Å². The first-order valence-corrected chi connectivity index (χ1v) is 12.7. The van der Waals surface area contributed by atoms with E-state index in [-0.39, 0.29) is 17.8 Å². The molecule has 0 amide bonds. The standard InChI is InChI=1S/C29H27ClN2O2/c30-23-7-3-1-5-21(23)15-34-24-8-4-2-6-22(24)25-26(29(25,16-31)17-32)27(33)28-12-18-9-19(13-28)11-20(10-18)14-28/h1-8,18-20,25-26H,9-15H2/t18?,19?,20?,25-,26+,28?/m0/s1. The molecule has 0 N–H and O–H groups in total. The van der Waals surface area contributed by atoms with Crippen LogP contribution in [0.4, 0.5) is 0 Å². The van der Waals surface area contributed by atoms with Gasteiger partial charge < -0.3 is 4.74 Å². The lowest BCUT2D eigenvalue weighted by atomic mass is 9.48. The van der Waals surface area contributed by atoms with Crippen LogP contribution in [0.15, 0.2) is 48.5 Å². The monoisotopic (exact) mass is 470 g/mol. The van der Waals surface area contributed by atoms with E-state index < -0.39 is 17.3 Å². The number of benzene rings is 2. The van der Waals surface area contributed by atoms with Crippen molar-refractivity contribution < 1.29 is 9.53 Å². The third kappa shape index (κ3) is 3.19. The molecular weight excluding hydrogens is 444 g/mol. The maximum absolute atomic E-state index is 14.2. The largest absolute Gasteiger partial charge is 0.489 e. The lowest BCUT2D eigenvalue weighted by molar-refractivity contribution is -0.145. The number of rotatable bonds is 6. The molecule has 4 nitrogen and oxygen atoms in total. The number of nitrogens with zero attached hydrogens (tertiary/aromatic N) is 2. The van der Waals surface area contributed by atoms with Gasteiger partial charge in [-0.3, -0.25) is 4.79 Å². The van der Waals surface area contributed by atoms with Gasteiger partial charge in [0, 0.05) is 27.5 Å². The average Bonchev–Trinajstić information content (AvgIpc) is 3.51. The molecule has 0 heterocycles. The number of Topliss-reactive ketones (excluding diaryl/α,β-unsaturated/α-hetero) is 1. The highest BCUT2D eigenvalue weighted by Crippen LogP contribution is 2.70. The molecule has 5 saturated carbocycles. The van der Waals surface area contributed by atoms with Gasteiger partial charge in [-0.15, -0.1) is 0 Å². The number of hydrogen-bond donors (Lipinski definition) is 0. The van der Waals surface area contributed by atoms with Crippen LogP contribution < -0.4 is 4.74 Å². The fourth-order valence-electron chi connectivity index (χ4n) is 7.86. The number of ketones is 1. The second-order valence-corrected chi connectivity index (χ2v) is 11.4. The minimum Gasteiger partial charge on any atom is -0.489 e. The zero-order valence-corrected chi connectivity index (χ0v) is 19.8. The predicted molar refractivity (Wildman–Crippen MR) is 128 cm³/mol. The van der Waals surface area contributed by atoms with Crippen molar-refractivity contribution in [3.8, 4) is 17.9 Å². The lowest BCUT2D eigenvalue weighted by Crippen LogP contribution is -2.50. The van der Waals surface area contributed by atoms with E-state index in [0.717, 1.165) is 30.4 Å². The van der Waals surface area contributed by atoms with Gasteiger partial charge in [-0.1, -0.05) is 48.0 Å². The summed E-state index contributed by atoms with van der Waals surface area (Å²) >= 11 is 6.30. The Balaban J connectivity index is 1.31. The summed E-state index contributed by atoms with van der Waals surface area (Å²) < 4.78 is 6.15. The van der Waals surface area contributed by atoms with E-state index in [1.165, 1.54) is 19.3 Å². The Bertz CT molecular complexity index is 1190. The van der Waals surface area contributed by atoms with E-state index in [1.807, 2.05) is 48.5 Å². The van der Waals surface area contributed by atoms with Crippen LogP contribution in [-0.4, -0.2) is 5.78 Å². The minimum atomic E-state index is -1.32. The van der Waals surface area contributed by atoms with Crippen molar-refractivity contribution in [1.82, 2.24) is 0 Å². The van der Waals surface area contributed by atoms with Crippen LogP contribution in [0.2, 0.25) is 5.02 Å². The second kappa shape index (κ2) is 7.86. The Morgan fingerprint density at radius 1 is 0.941 bits per heavy atom. The smallest absolute Gasteiger partial charge is 0.161 e. The van der Waals surface area contributed by atoms with Crippen LogP contribution in [0.5, 0.6) is 5.75 Å². The summed E-state index contributed by atoms with van der Waals surface area (Å²) in [6.07, 6.45) is 6.58. The molecule has 2 atom stereocenters. The summed E-state index contributed by atoms with van der Waals surface area (Å²) in [4.78, 5) is 14.2. The number of hydrogen-bond acceptors (Lipinski definition) is 4. The summed E-state index contributed by atoms with van der Waals surface area (Å²) in [5.74, 6) is 1.66. The van der Waals surface area contributed by atoms with Crippen LogP contribution in [0.1, 0.15) is 55.6 Å². The molecule has 0 aromatic heterocycles. The predicted octanol–water partition coefficient (Wildman–Crippen LogP) is 6.45. The first-order valence-electron chi connectivity index (χ1n) is 12.3. The van der Waals surface area contributed by atoms with Gasteiger partial charge in [0.1, 0.15) is 18.1 Å². The lowest BCUT2D eigenvalue weighted by Gasteiger charge is -2.56. The molecule has 5 heteroatoms. The molecule has 5 aliphatic rings. The Morgan fingerprint density at radius 2 is 1.53 bits per heavy atom. The molecule has 0 aliphatic heterocycles. The van der Waals surface area contributed by atoms with Crippen LogP contribution in [0.3, 0.4) is 0 Å². The molecule has 7 rings (SSSR count). The topological polar surface area (TPSA) is 73.9 Å². The Labute approximate surface area is 205 Å². The van der Waals surface area contributed by atoms with Crippen LogP contribution in [0, 0.1) is 57.2 Å². The summed E-state index contributed by atoms with van der Waals surface area (Å²) in [5.41, 5.74) is -0.00591. The molecule has 5 aliphatic carbocycles. The van der Waals surface area contributed by atoms with Gasteiger partial charge >= 0.3 is 0 Å². The Kier molecular flexibility index (Phi) is 5.02. The highest BCUT2D eigenvalue weighted by molar-refractivity contribution is 6.31. The van der Waals surface area contributed by atoms with Gasteiger partial charge in [0.05, 0.1) is 18.1 Å². The van der Waals surface area contributed by atoms with Crippen molar-refractivity contribution in [2.45, 2.75) is 51.0 Å². The number of carbonyl (C=O) groups is 1. The zero-order valence-electron chi connectivity index (χ0n) is 19.0. The fraction of sp³-hybridized carbons (Fsp3) is 0.483. The molecule has 2 aromatic rings. The van der Waals surface area contributed by atoms with Crippen molar-refractivity contribution in [2.75, 3.05) is 0 Å². The van der Waals surface area contributed by atoms with Gasteiger partial charge in [-0.05, 0) is 68.4 Å². The first kappa shape index (κ1) is 21.7. The number of para-hydroxylation sites is 1. The molecule has 0 spiro atoms. The fourth-order valence-corrected chi connectivity index (χ4v) is 8.05. The summed E-state index contributed by atoms with van der Waals surface area (Å²) in [6.45, 7) is 0.281. The molecule has 5 fully saturated rings. The number of nitriles is 2. The van der Waals surface area contributed by atoms with Crippen molar-refractivity contribution >= 4 is 17.4 Å². The average molecular weight is 471 g/mol.